The molecular formula is C19H26N2O6. The highest BCUT2D eigenvalue weighted by Gasteiger charge is 2.29. The number of hydrogen-bond acceptors (Lipinski definition) is 6. The van der Waals surface area contributed by atoms with Gasteiger partial charge in [-0.15, -0.1) is 0 Å². The summed E-state index contributed by atoms with van der Waals surface area (Å²) in [6.07, 6.45) is 3.81. The molecular weight excluding hydrogens is 352 g/mol. The number of rotatable bonds is 9. The smallest absolute Gasteiger partial charge is 0.267 e. The van der Waals surface area contributed by atoms with E-state index in [9.17, 15) is 9.59 Å². The Labute approximate surface area is 159 Å². The molecule has 8 heteroatoms. The summed E-state index contributed by atoms with van der Waals surface area (Å²) >= 11 is 0. The van der Waals surface area contributed by atoms with Crippen LogP contribution in [0.15, 0.2) is 24.3 Å². The summed E-state index contributed by atoms with van der Waals surface area (Å²) in [5.41, 5.74) is 0.713. The number of hydrogen-bond donors (Lipinski definition) is 0. The predicted molar refractivity (Wildman–Crippen MR) is 99.3 cm³/mol. The van der Waals surface area contributed by atoms with Crippen LogP contribution in [0.2, 0.25) is 0 Å². The van der Waals surface area contributed by atoms with Crippen molar-refractivity contribution in [1.29, 1.82) is 0 Å². The molecule has 27 heavy (non-hydrogen) atoms. The van der Waals surface area contributed by atoms with E-state index in [0.29, 0.717) is 43.4 Å². The van der Waals surface area contributed by atoms with Gasteiger partial charge in [-0.2, -0.15) is 0 Å². The van der Waals surface area contributed by atoms with Gasteiger partial charge in [0.2, 0.25) is 0 Å². The van der Waals surface area contributed by atoms with Crippen LogP contribution < -0.4 is 9.47 Å². The third-order valence-corrected chi connectivity index (χ3v) is 4.07. The lowest BCUT2D eigenvalue weighted by Gasteiger charge is -2.26. The molecule has 1 aromatic rings. The van der Waals surface area contributed by atoms with Crippen LogP contribution in [0.3, 0.4) is 0 Å². The Hall–Kier alpha value is -2.58. The summed E-state index contributed by atoms with van der Waals surface area (Å²) in [4.78, 5) is 24.9. The summed E-state index contributed by atoms with van der Waals surface area (Å²) in [6.45, 7) is 1.65. The van der Waals surface area contributed by atoms with Crippen LogP contribution in [0.5, 0.6) is 11.5 Å². The number of benzene rings is 1. The molecule has 0 radical (unpaired) electrons. The van der Waals surface area contributed by atoms with Crippen molar-refractivity contribution in [1.82, 2.24) is 10.0 Å². The number of amides is 2. The summed E-state index contributed by atoms with van der Waals surface area (Å²) in [5, 5.41) is 2.87. The maximum atomic E-state index is 12.6. The second-order valence-corrected chi connectivity index (χ2v) is 5.82. The lowest BCUT2D eigenvalue weighted by molar-refractivity contribution is -0.158. The van der Waals surface area contributed by atoms with Gasteiger partial charge in [0.1, 0.15) is 18.1 Å². The fourth-order valence-corrected chi connectivity index (χ4v) is 2.69. The maximum Gasteiger partial charge on any atom is 0.267 e. The zero-order valence-electron chi connectivity index (χ0n) is 16.0. The average molecular weight is 378 g/mol. The van der Waals surface area contributed by atoms with Crippen LogP contribution in [0, 0.1) is 0 Å². The molecule has 0 N–H and O–H groups in total. The lowest BCUT2D eigenvalue weighted by atomic mass is 10.1. The molecule has 1 heterocycles. The van der Waals surface area contributed by atoms with Gasteiger partial charge in [-0.3, -0.25) is 9.59 Å². The second-order valence-electron chi connectivity index (χ2n) is 5.82. The van der Waals surface area contributed by atoms with Gasteiger partial charge in [0.25, 0.3) is 11.8 Å². The topological polar surface area (TPSA) is 77.5 Å². The van der Waals surface area contributed by atoms with Gasteiger partial charge in [-0.1, -0.05) is 0 Å². The largest absolute Gasteiger partial charge is 0.497 e. The summed E-state index contributed by atoms with van der Waals surface area (Å²) in [6, 6.07) is 5.33. The first-order valence-electron chi connectivity index (χ1n) is 8.69. The van der Waals surface area contributed by atoms with Crippen LogP contribution in [-0.2, 0) is 19.1 Å². The first-order valence-corrected chi connectivity index (χ1v) is 8.69. The number of carbonyl (C=O) groups is 2. The molecule has 2 amide bonds. The number of ether oxygens (including phenoxy) is 4. The molecule has 0 spiro atoms. The zero-order valence-corrected chi connectivity index (χ0v) is 16.0. The molecule has 0 bridgehead atoms. The normalized spacial score (nSPS) is 14.0. The zero-order chi connectivity index (χ0) is 19.6. The van der Waals surface area contributed by atoms with Crippen LogP contribution in [0.4, 0.5) is 0 Å². The fraction of sp³-hybridized carbons (Fsp3) is 0.474. The van der Waals surface area contributed by atoms with Crippen molar-refractivity contribution in [3.05, 3.63) is 29.8 Å². The Morgan fingerprint density at radius 3 is 2.56 bits per heavy atom. The van der Waals surface area contributed by atoms with Crippen molar-refractivity contribution in [2.45, 2.75) is 6.42 Å². The number of carbonyl (C=O) groups excluding carboxylic acids is 2. The molecule has 1 fully saturated rings. The van der Waals surface area contributed by atoms with E-state index in [1.165, 1.54) is 16.1 Å². The van der Waals surface area contributed by atoms with Crippen LogP contribution in [-0.4, -0.2) is 76.1 Å². The highest BCUT2D eigenvalue weighted by atomic mass is 16.5. The quantitative estimate of drug-likeness (QED) is 0.477. The molecule has 0 saturated carbocycles. The first-order chi connectivity index (χ1) is 13.1. The Morgan fingerprint density at radius 2 is 1.85 bits per heavy atom. The minimum Gasteiger partial charge on any atom is -0.497 e. The SMILES string of the molecule is COCCOCC(=O)N1CCCN1C(=O)C=Cc1cc(OC)ccc1OC. The highest BCUT2D eigenvalue weighted by molar-refractivity contribution is 5.94. The molecule has 0 unspecified atom stereocenters. The van der Waals surface area contributed by atoms with E-state index in [1.54, 1.807) is 45.6 Å². The number of hydrazine groups is 1. The molecule has 0 aromatic heterocycles. The van der Waals surface area contributed by atoms with Gasteiger partial charge in [0.05, 0.1) is 27.4 Å². The number of methoxy groups -OCH3 is 3. The van der Waals surface area contributed by atoms with Crippen molar-refractivity contribution >= 4 is 17.9 Å². The summed E-state index contributed by atoms with van der Waals surface area (Å²) < 4.78 is 20.6. The van der Waals surface area contributed by atoms with E-state index in [1.807, 2.05) is 0 Å². The summed E-state index contributed by atoms with van der Waals surface area (Å²) in [5.74, 6) is 0.766. The molecule has 8 nitrogen and oxygen atoms in total. The summed E-state index contributed by atoms with van der Waals surface area (Å²) in [7, 11) is 4.70. The van der Waals surface area contributed by atoms with Crippen molar-refractivity contribution in [2.75, 3.05) is 54.2 Å². The van der Waals surface area contributed by atoms with Crippen molar-refractivity contribution in [3.8, 4) is 11.5 Å². The van der Waals surface area contributed by atoms with E-state index < -0.39 is 0 Å². The molecule has 1 aromatic carbocycles. The maximum absolute atomic E-state index is 12.6. The molecule has 0 atom stereocenters. The van der Waals surface area contributed by atoms with Gasteiger partial charge in [-0.05, 0) is 30.7 Å². The number of nitrogens with zero attached hydrogens (tertiary/aromatic N) is 2. The second kappa shape index (κ2) is 10.5. The molecule has 1 aliphatic rings. The van der Waals surface area contributed by atoms with E-state index in [-0.39, 0.29) is 18.4 Å². The Kier molecular flexibility index (Phi) is 8.09. The van der Waals surface area contributed by atoms with E-state index in [4.69, 9.17) is 18.9 Å². The van der Waals surface area contributed by atoms with Crippen LogP contribution in [0.1, 0.15) is 12.0 Å². The Morgan fingerprint density at radius 1 is 1.07 bits per heavy atom. The van der Waals surface area contributed by atoms with Gasteiger partial charge >= 0.3 is 0 Å². The molecule has 1 saturated heterocycles. The average Bonchev–Trinajstić information content (AvgIpc) is 3.19. The van der Waals surface area contributed by atoms with Gasteiger partial charge in [0, 0.05) is 31.8 Å². The van der Waals surface area contributed by atoms with Crippen molar-refractivity contribution in [2.24, 2.45) is 0 Å². The molecule has 2 rings (SSSR count). The van der Waals surface area contributed by atoms with Crippen molar-refractivity contribution < 1.29 is 28.5 Å². The highest BCUT2D eigenvalue weighted by Crippen LogP contribution is 2.25. The Bertz CT molecular complexity index is 676. The van der Waals surface area contributed by atoms with Gasteiger partial charge in [0.15, 0.2) is 0 Å². The van der Waals surface area contributed by atoms with Crippen LogP contribution >= 0.6 is 0 Å². The third kappa shape index (κ3) is 5.70. The molecule has 0 aliphatic carbocycles. The van der Waals surface area contributed by atoms with Gasteiger partial charge in [-0.25, -0.2) is 10.0 Å². The van der Waals surface area contributed by atoms with E-state index >= 15 is 0 Å². The first kappa shape index (κ1) is 20.7. The monoisotopic (exact) mass is 378 g/mol. The lowest BCUT2D eigenvalue weighted by Crippen LogP contribution is -2.45. The Balaban J connectivity index is 2.01. The van der Waals surface area contributed by atoms with Gasteiger partial charge < -0.3 is 18.9 Å². The van der Waals surface area contributed by atoms with Crippen LogP contribution in [0.25, 0.3) is 6.08 Å². The van der Waals surface area contributed by atoms with Crippen molar-refractivity contribution in [3.63, 3.8) is 0 Å². The van der Waals surface area contributed by atoms with E-state index in [2.05, 4.69) is 0 Å². The third-order valence-electron chi connectivity index (χ3n) is 4.07. The van der Waals surface area contributed by atoms with E-state index in [0.717, 1.165) is 6.42 Å². The standard InChI is InChI=1S/C19H26N2O6/c1-24-11-12-27-14-19(23)21-10-4-9-20(21)18(22)8-5-15-13-16(25-2)6-7-17(15)26-3/h5-8,13H,4,9-12,14H2,1-3H3. The fourth-order valence-electron chi connectivity index (χ4n) is 2.69. The predicted octanol–water partition coefficient (Wildman–Crippen LogP) is 1.36. The minimum atomic E-state index is -0.275. The molecule has 148 valence electrons. The molecule has 1 aliphatic heterocycles. The minimum absolute atomic E-state index is 0.0828.